The van der Waals surface area contributed by atoms with Crippen LogP contribution in [0.3, 0.4) is 0 Å². The van der Waals surface area contributed by atoms with Crippen molar-refractivity contribution in [2.24, 2.45) is 0 Å². The molecule has 0 aliphatic rings. The molecule has 0 aliphatic carbocycles. The summed E-state index contributed by atoms with van der Waals surface area (Å²) in [5.74, 6) is -11.7. The molecule has 0 saturated heterocycles. The highest BCUT2D eigenvalue weighted by molar-refractivity contribution is 4.95. The average Bonchev–Trinajstić information content (AvgIpc) is 1.98. The molecule has 0 aromatic rings. The van der Waals surface area contributed by atoms with Crippen LogP contribution in [-0.2, 0) is 0 Å². The molecule has 2 nitrogen and oxygen atoms in total. The maximum atomic E-state index is 12.8. The minimum absolute atomic E-state index is 0.642. The van der Waals surface area contributed by atoms with Crippen molar-refractivity contribution in [3.63, 3.8) is 0 Å². The molecule has 0 amide bonds. The molecular weight excluding hydrogens is 261 g/mol. The molecule has 1 unspecified atom stereocenters. The summed E-state index contributed by atoms with van der Waals surface area (Å²) in [5.41, 5.74) is -2.52. The third-order valence-electron chi connectivity index (χ3n) is 2.07. The van der Waals surface area contributed by atoms with E-state index in [1.54, 1.807) is 0 Å². The number of hydrogen-bond donors (Lipinski definition) is 2. The van der Waals surface area contributed by atoms with Gasteiger partial charge in [-0.05, 0) is 13.3 Å². The zero-order valence-electron chi connectivity index (χ0n) is 8.66. The zero-order chi connectivity index (χ0) is 14.1. The first-order chi connectivity index (χ1) is 7.27. The molecule has 0 bridgehead atoms. The van der Waals surface area contributed by atoms with Crippen LogP contribution in [0.4, 0.5) is 30.7 Å². The van der Waals surface area contributed by atoms with Gasteiger partial charge in [-0.3, -0.25) is 0 Å². The van der Waals surface area contributed by atoms with Gasteiger partial charge in [0.05, 0.1) is 5.60 Å². The fourth-order valence-corrected chi connectivity index (χ4v) is 1.13. The van der Waals surface area contributed by atoms with E-state index in [2.05, 4.69) is 0 Å². The van der Waals surface area contributed by atoms with Gasteiger partial charge in [-0.25, -0.2) is 0 Å². The fraction of sp³-hybridized carbons (Fsp3) is 1.00. The summed E-state index contributed by atoms with van der Waals surface area (Å²) in [7, 11) is 0. The lowest BCUT2D eigenvalue weighted by Crippen LogP contribution is -2.54. The second kappa shape index (κ2) is 4.60. The highest BCUT2D eigenvalue weighted by atomic mass is 19.4. The normalized spacial score (nSPS) is 18.0. The molecule has 0 spiro atoms. The number of alkyl halides is 7. The Kier molecular flexibility index (Phi) is 4.45. The van der Waals surface area contributed by atoms with Gasteiger partial charge >= 0.3 is 18.0 Å². The van der Waals surface area contributed by atoms with Crippen molar-refractivity contribution in [2.75, 3.05) is 6.61 Å². The highest BCUT2D eigenvalue weighted by Gasteiger charge is 2.73. The summed E-state index contributed by atoms with van der Waals surface area (Å²) in [4.78, 5) is 0. The second-order valence-electron chi connectivity index (χ2n) is 3.92. The molecule has 1 atom stereocenters. The van der Waals surface area contributed by atoms with E-state index in [0.717, 1.165) is 0 Å². The lowest BCUT2D eigenvalue weighted by molar-refractivity contribution is -0.361. The van der Waals surface area contributed by atoms with E-state index in [-0.39, 0.29) is 0 Å². The van der Waals surface area contributed by atoms with Crippen LogP contribution in [0.2, 0.25) is 0 Å². The van der Waals surface area contributed by atoms with Gasteiger partial charge in [-0.1, -0.05) is 0 Å². The molecule has 104 valence electrons. The van der Waals surface area contributed by atoms with Gasteiger partial charge in [-0.15, -0.1) is 0 Å². The molecular formula is C8H11F7O2. The van der Waals surface area contributed by atoms with Gasteiger partial charge in [0, 0.05) is 13.0 Å². The first-order valence-corrected chi connectivity index (χ1v) is 4.42. The van der Waals surface area contributed by atoms with Crippen LogP contribution in [0.25, 0.3) is 0 Å². The molecule has 9 heteroatoms. The van der Waals surface area contributed by atoms with Gasteiger partial charge in [0.15, 0.2) is 0 Å². The molecule has 0 saturated carbocycles. The van der Waals surface area contributed by atoms with E-state index in [0.29, 0.717) is 6.92 Å². The summed E-state index contributed by atoms with van der Waals surface area (Å²) in [5, 5.41) is 17.5. The predicted molar refractivity (Wildman–Crippen MR) is 42.9 cm³/mol. The van der Waals surface area contributed by atoms with Gasteiger partial charge in [-0.2, -0.15) is 30.7 Å². The SMILES string of the molecule is CC(O)(CCO)CC(F)(F)C(F)(F)C(F)(F)F. The third kappa shape index (κ3) is 3.70. The minimum atomic E-state index is -6.41. The number of aliphatic hydroxyl groups is 2. The Bertz CT molecular complexity index is 259. The summed E-state index contributed by atoms with van der Waals surface area (Å²) < 4.78 is 85.7. The van der Waals surface area contributed by atoms with Gasteiger partial charge in [0.25, 0.3) is 0 Å². The number of halogens is 7. The van der Waals surface area contributed by atoms with Gasteiger partial charge in [0.1, 0.15) is 0 Å². The lowest BCUT2D eigenvalue weighted by atomic mass is 9.91. The maximum absolute atomic E-state index is 12.8. The smallest absolute Gasteiger partial charge is 0.396 e. The summed E-state index contributed by atoms with van der Waals surface area (Å²) in [6.07, 6.45) is -9.25. The Labute approximate surface area is 92.0 Å². The van der Waals surface area contributed by atoms with Crippen molar-refractivity contribution >= 4 is 0 Å². The van der Waals surface area contributed by atoms with Crippen LogP contribution >= 0.6 is 0 Å². The van der Waals surface area contributed by atoms with Crippen LogP contribution in [-0.4, -0.2) is 40.4 Å². The quantitative estimate of drug-likeness (QED) is 0.754. The molecule has 0 aliphatic heterocycles. The molecule has 2 N–H and O–H groups in total. The molecule has 0 aromatic heterocycles. The average molecular weight is 272 g/mol. The Morgan fingerprint density at radius 1 is 0.941 bits per heavy atom. The molecule has 17 heavy (non-hydrogen) atoms. The van der Waals surface area contributed by atoms with Crippen LogP contribution < -0.4 is 0 Å². The lowest BCUT2D eigenvalue weighted by Gasteiger charge is -2.33. The zero-order valence-corrected chi connectivity index (χ0v) is 8.66. The number of rotatable bonds is 5. The van der Waals surface area contributed by atoms with Crippen molar-refractivity contribution in [2.45, 2.75) is 43.4 Å². The highest BCUT2D eigenvalue weighted by Crippen LogP contribution is 2.49. The summed E-state index contributed by atoms with van der Waals surface area (Å²) in [6.45, 7) is -0.176. The third-order valence-corrected chi connectivity index (χ3v) is 2.07. The van der Waals surface area contributed by atoms with E-state index in [1.807, 2.05) is 0 Å². The first kappa shape index (κ1) is 16.4. The van der Waals surface area contributed by atoms with Crippen molar-refractivity contribution in [1.29, 1.82) is 0 Å². The summed E-state index contributed by atoms with van der Waals surface area (Å²) >= 11 is 0. The Morgan fingerprint density at radius 3 is 1.65 bits per heavy atom. The van der Waals surface area contributed by atoms with Gasteiger partial charge < -0.3 is 10.2 Å². The molecule has 0 radical (unpaired) electrons. The van der Waals surface area contributed by atoms with Crippen molar-refractivity contribution < 1.29 is 40.9 Å². The fourth-order valence-electron chi connectivity index (χ4n) is 1.13. The minimum Gasteiger partial charge on any atom is -0.396 e. The predicted octanol–water partition coefficient (Wildman–Crippen LogP) is 2.34. The van der Waals surface area contributed by atoms with Crippen molar-refractivity contribution in [3.05, 3.63) is 0 Å². The molecule has 0 heterocycles. The number of aliphatic hydroxyl groups excluding tert-OH is 1. The Balaban J connectivity index is 5.03. The Morgan fingerprint density at radius 2 is 1.35 bits per heavy atom. The first-order valence-electron chi connectivity index (χ1n) is 4.42. The van der Waals surface area contributed by atoms with Crippen LogP contribution in [0.1, 0.15) is 19.8 Å². The summed E-state index contributed by atoms with van der Waals surface area (Å²) in [6, 6.07) is 0. The van der Waals surface area contributed by atoms with Crippen molar-refractivity contribution in [3.8, 4) is 0 Å². The largest absolute Gasteiger partial charge is 0.459 e. The Hall–Kier alpha value is -0.570. The molecule has 0 aromatic carbocycles. The van der Waals surface area contributed by atoms with E-state index < -0.39 is 43.1 Å². The van der Waals surface area contributed by atoms with E-state index in [1.165, 1.54) is 0 Å². The van der Waals surface area contributed by atoms with E-state index >= 15 is 0 Å². The van der Waals surface area contributed by atoms with Crippen LogP contribution in [0.15, 0.2) is 0 Å². The second-order valence-corrected chi connectivity index (χ2v) is 3.92. The van der Waals surface area contributed by atoms with E-state index in [9.17, 15) is 30.7 Å². The van der Waals surface area contributed by atoms with Gasteiger partial charge in [0.2, 0.25) is 0 Å². The maximum Gasteiger partial charge on any atom is 0.459 e. The molecule has 0 fully saturated rings. The van der Waals surface area contributed by atoms with Crippen LogP contribution in [0, 0.1) is 0 Å². The van der Waals surface area contributed by atoms with E-state index in [4.69, 9.17) is 10.2 Å². The molecule has 0 rings (SSSR count). The number of hydrogen-bond acceptors (Lipinski definition) is 2. The topological polar surface area (TPSA) is 40.5 Å². The monoisotopic (exact) mass is 272 g/mol. The standard InChI is InChI=1S/C8H11F7O2/c1-5(17,2-3-16)4-6(9,10)7(11,12)8(13,14)15/h16-17H,2-4H2,1H3. The van der Waals surface area contributed by atoms with Crippen LogP contribution in [0.5, 0.6) is 0 Å². The van der Waals surface area contributed by atoms with Crippen molar-refractivity contribution in [1.82, 2.24) is 0 Å².